The maximum atomic E-state index is 9.69. The molecule has 0 rings (SSSR count). The number of hydrogen-bond donors (Lipinski definition) is 1. The molecule has 0 aromatic heterocycles. The Morgan fingerprint density at radius 1 is 1.56 bits per heavy atom. The van der Waals surface area contributed by atoms with Crippen molar-refractivity contribution in [3.05, 3.63) is 30.2 Å². The van der Waals surface area contributed by atoms with Gasteiger partial charge < -0.3 is 9.90 Å². The van der Waals surface area contributed by atoms with Crippen molar-refractivity contribution in [1.82, 2.24) is 0 Å². The normalized spacial score (nSPS) is 8.44. The Bertz CT molecular complexity index is 150. The van der Waals surface area contributed by atoms with E-state index in [1.165, 1.54) is 6.08 Å². The molecule has 1 N–H and O–H groups in total. The zero-order valence-corrected chi connectivity index (χ0v) is 4.95. The molecule has 9 heavy (non-hydrogen) atoms. The summed E-state index contributed by atoms with van der Waals surface area (Å²) < 4.78 is 0. The van der Waals surface area contributed by atoms with Crippen molar-refractivity contribution in [3.63, 3.8) is 0 Å². The van der Waals surface area contributed by atoms with Crippen molar-refractivity contribution in [1.29, 1.82) is 0 Å². The van der Waals surface area contributed by atoms with Gasteiger partial charge in [-0.3, -0.25) is 0 Å². The molecule has 0 radical (unpaired) electrons. The largest absolute Gasteiger partial charge is 0.507 e. The summed E-state index contributed by atoms with van der Waals surface area (Å²) in [6.07, 6.45) is 6.84. The lowest BCUT2D eigenvalue weighted by atomic mass is 10.4. The van der Waals surface area contributed by atoms with E-state index in [1.807, 2.05) is 0 Å². The number of carbonyl (C=O) groups is 1. The van der Waals surface area contributed by atoms with E-state index in [9.17, 15) is 4.79 Å². The smallest absolute Gasteiger partial charge is 0.123 e. The van der Waals surface area contributed by atoms with Gasteiger partial charge >= 0.3 is 0 Å². The first-order valence-corrected chi connectivity index (χ1v) is 2.55. The van der Waals surface area contributed by atoms with Crippen molar-refractivity contribution in [3.8, 4) is 0 Å². The average molecular weight is 124 g/mol. The molecular weight excluding hydrogens is 116 g/mol. The van der Waals surface area contributed by atoms with Crippen LogP contribution in [0.3, 0.4) is 0 Å². The Hall–Kier alpha value is -1.27. The number of hydrogen-bond acceptors (Lipinski definition) is 2. The summed E-state index contributed by atoms with van der Waals surface area (Å²) in [5.74, 6) is 0. The van der Waals surface area contributed by atoms with Gasteiger partial charge in [0.2, 0.25) is 0 Å². The van der Waals surface area contributed by atoms with Crippen LogP contribution in [0.1, 0.15) is 6.42 Å². The molecule has 0 aromatic carbocycles. The molecular formula is C7H8O2. The number of aliphatic hydroxyl groups excluding tert-OH is 1. The average Bonchev–Trinajstić information content (AvgIpc) is 1.89. The lowest BCUT2D eigenvalue weighted by molar-refractivity contribution is -0.107. The Morgan fingerprint density at radius 2 is 2.33 bits per heavy atom. The minimum absolute atomic E-state index is 0.406. The Labute approximate surface area is 53.8 Å². The van der Waals surface area contributed by atoms with Crippen molar-refractivity contribution < 1.29 is 9.90 Å². The molecule has 0 unspecified atom stereocenters. The van der Waals surface area contributed by atoms with Gasteiger partial charge in [0.1, 0.15) is 12.5 Å². The third-order valence-electron chi connectivity index (χ3n) is 0.635. The summed E-state index contributed by atoms with van der Waals surface area (Å²) in [5, 5.41) is 8.05. The Kier molecular flexibility index (Phi) is 5.78. The first kappa shape index (κ1) is 7.73. The summed E-state index contributed by atoms with van der Waals surface area (Å²) in [6, 6.07) is 0. The van der Waals surface area contributed by atoms with Gasteiger partial charge in [-0.2, -0.15) is 0 Å². The second kappa shape index (κ2) is 6.73. The zero-order chi connectivity index (χ0) is 6.95. The number of carbonyl (C=O) groups excluding carboxylic acids is 1. The van der Waals surface area contributed by atoms with Crippen LogP contribution in [0.4, 0.5) is 0 Å². The highest BCUT2D eigenvalue weighted by molar-refractivity contribution is 5.51. The Morgan fingerprint density at radius 3 is 2.89 bits per heavy atom. The van der Waals surface area contributed by atoms with Crippen LogP contribution >= 0.6 is 0 Å². The quantitative estimate of drug-likeness (QED) is 0.267. The number of rotatable bonds is 3. The standard InChI is InChI=1S/C7H8O2/c8-6-4-2-1-3-5-7-9/h1-3,6-7,9H,4H2. The molecule has 0 amide bonds. The van der Waals surface area contributed by atoms with E-state index in [1.54, 1.807) is 12.2 Å². The van der Waals surface area contributed by atoms with Gasteiger partial charge in [-0.25, -0.2) is 0 Å². The van der Waals surface area contributed by atoms with Crippen LogP contribution in [0.2, 0.25) is 0 Å². The van der Waals surface area contributed by atoms with Gasteiger partial charge in [0.25, 0.3) is 0 Å². The van der Waals surface area contributed by atoms with Gasteiger partial charge in [-0.05, 0) is 6.08 Å². The SMILES string of the molecule is O=CCC=CC=C=CO. The molecule has 0 saturated heterocycles. The molecule has 0 aliphatic carbocycles. The zero-order valence-electron chi connectivity index (χ0n) is 4.95. The van der Waals surface area contributed by atoms with E-state index in [4.69, 9.17) is 5.11 Å². The third kappa shape index (κ3) is 6.73. The maximum Gasteiger partial charge on any atom is 0.123 e. The summed E-state index contributed by atoms with van der Waals surface area (Å²) in [4.78, 5) is 9.69. The number of aldehydes is 1. The summed E-state index contributed by atoms with van der Waals surface area (Å²) in [7, 11) is 0. The fourth-order valence-corrected chi connectivity index (χ4v) is 0.301. The van der Waals surface area contributed by atoms with Crippen LogP contribution in [0.5, 0.6) is 0 Å². The number of allylic oxidation sites excluding steroid dienone is 3. The molecule has 0 bridgehead atoms. The van der Waals surface area contributed by atoms with E-state index < -0.39 is 0 Å². The van der Waals surface area contributed by atoms with E-state index in [-0.39, 0.29) is 0 Å². The minimum Gasteiger partial charge on any atom is -0.507 e. The predicted octanol–water partition coefficient (Wildman–Crippen LogP) is 1.36. The van der Waals surface area contributed by atoms with Crippen LogP contribution in [-0.2, 0) is 4.79 Å². The number of aliphatic hydroxyl groups is 1. The highest BCUT2D eigenvalue weighted by Crippen LogP contribution is 1.77. The molecule has 0 saturated carbocycles. The molecule has 0 fully saturated rings. The molecule has 2 nitrogen and oxygen atoms in total. The summed E-state index contributed by atoms with van der Waals surface area (Å²) >= 11 is 0. The molecule has 0 spiro atoms. The Balaban J connectivity index is 3.46. The topological polar surface area (TPSA) is 37.3 Å². The van der Waals surface area contributed by atoms with E-state index >= 15 is 0 Å². The molecule has 0 aliphatic heterocycles. The van der Waals surface area contributed by atoms with Crippen molar-refractivity contribution in [2.45, 2.75) is 6.42 Å². The fraction of sp³-hybridized carbons (Fsp3) is 0.143. The van der Waals surface area contributed by atoms with Crippen LogP contribution in [0.25, 0.3) is 0 Å². The van der Waals surface area contributed by atoms with Gasteiger partial charge in [0.05, 0.1) is 0 Å². The van der Waals surface area contributed by atoms with E-state index in [0.717, 1.165) is 12.5 Å². The summed E-state index contributed by atoms with van der Waals surface area (Å²) in [5.41, 5.74) is 2.41. The molecule has 0 heterocycles. The van der Waals surface area contributed by atoms with Gasteiger partial charge in [-0.1, -0.05) is 17.9 Å². The monoisotopic (exact) mass is 124 g/mol. The van der Waals surface area contributed by atoms with Gasteiger partial charge in [-0.15, -0.1) is 0 Å². The lowest BCUT2D eigenvalue weighted by Gasteiger charge is -1.69. The molecule has 0 aliphatic rings. The predicted molar refractivity (Wildman–Crippen MR) is 35.1 cm³/mol. The van der Waals surface area contributed by atoms with Gasteiger partial charge in [0, 0.05) is 6.42 Å². The minimum atomic E-state index is 0.406. The molecule has 0 aromatic rings. The van der Waals surface area contributed by atoms with E-state index in [0.29, 0.717) is 6.42 Å². The van der Waals surface area contributed by atoms with Crippen LogP contribution < -0.4 is 0 Å². The highest BCUT2D eigenvalue weighted by atomic mass is 16.2. The third-order valence-corrected chi connectivity index (χ3v) is 0.635. The lowest BCUT2D eigenvalue weighted by Crippen LogP contribution is -1.62. The fourth-order valence-electron chi connectivity index (χ4n) is 0.301. The molecule has 48 valence electrons. The van der Waals surface area contributed by atoms with Crippen LogP contribution in [0.15, 0.2) is 30.2 Å². The van der Waals surface area contributed by atoms with E-state index in [2.05, 4.69) is 5.73 Å². The van der Waals surface area contributed by atoms with Crippen LogP contribution in [0, 0.1) is 0 Å². The highest BCUT2D eigenvalue weighted by Gasteiger charge is 1.65. The molecule has 0 atom stereocenters. The van der Waals surface area contributed by atoms with Crippen molar-refractivity contribution >= 4 is 6.29 Å². The second-order valence-corrected chi connectivity index (χ2v) is 1.29. The first-order chi connectivity index (χ1) is 4.41. The van der Waals surface area contributed by atoms with Crippen LogP contribution in [-0.4, -0.2) is 11.4 Å². The first-order valence-electron chi connectivity index (χ1n) is 2.55. The van der Waals surface area contributed by atoms with Crippen molar-refractivity contribution in [2.75, 3.05) is 0 Å². The molecule has 2 heteroatoms. The summed E-state index contributed by atoms with van der Waals surface area (Å²) in [6.45, 7) is 0. The van der Waals surface area contributed by atoms with Crippen molar-refractivity contribution in [2.24, 2.45) is 0 Å². The second-order valence-electron chi connectivity index (χ2n) is 1.29. The van der Waals surface area contributed by atoms with Gasteiger partial charge in [0.15, 0.2) is 0 Å². The maximum absolute atomic E-state index is 9.69.